The van der Waals surface area contributed by atoms with Crippen LogP contribution < -0.4 is 5.73 Å². The summed E-state index contributed by atoms with van der Waals surface area (Å²) < 4.78 is 17.7. The van der Waals surface area contributed by atoms with E-state index in [1.54, 1.807) is 4.90 Å². The highest BCUT2D eigenvalue weighted by Gasteiger charge is 2.39. The molecule has 3 aliphatic rings. The number of halogens is 1. The summed E-state index contributed by atoms with van der Waals surface area (Å²) >= 11 is 0. The number of alkyl halides is 1. The van der Waals surface area contributed by atoms with Crippen molar-refractivity contribution in [3.05, 3.63) is 35.9 Å². The number of piperidine rings is 1. The number of fused-ring (bicyclic) bond motifs is 2. The van der Waals surface area contributed by atoms with Crippen LogP contribution in [0, 0.1) is 5.92 Å². The number of hydrogen-bond acceptors (Lipinski definition) is 3. The van der Waals surface area contributed by atoms with Crippen LogP contribution >= 0.6 is 0 Å². The summed E-state index contributed by atoms with van der Waals surface area (Å²) in [6.07, 6.45) is 12.4. The fourth-order valence-electron chi connectivity index (χ4n) is 4.77. The molecular formula is C22H31FN4O. The Bertz CT molecular complexity index is 801. The Labute approximate surface area is 166 Å². The molecule has 3 heterocycles. The molecular weight excluding hydrogens is 355 g/mol. The third-order valence-corrected chi connectivity index (χ3v) is 6.72. The Morgan fingerprint density at radius 1 is 1.39 bits per heavy atom. The number of hydrogen-bond donors (Lipinski definition) is 1. The van der Waals surface area contributed by atoms with E-state index in [-0.39, 0.29) is 17.9 Å². The average Bonchev–Trinajstić information content (AvgIpc) is 3.27. The normalized spacial score (nSPS) is 24.5. The van der Waals surface area contributed by atoms with Gasteiger partial charge >= 0.3 is 0 Å². The summed E-state index contributed by atoms with van der Waals surface area (Å²) in [7, 11) is 0. The van der Waals surface area contributed by atoms with E-state index in [0.717, 1.165) is 19.3 Å². The largest absolute Gasteiger partial charge is 0.341 e. The molecule has 1 fully saturated rings. The molecule has 5 nitrogen and oxygen atoms in total. The number of carbonyl (C=O) groups is 1. The van der Waals surface area contributed by atoms with E-state index >= 15 is 4.39 Å². The number of allylic oxidation sites excluding steroid dienone is 4. The van der Waals surface area contributed by atoms with E-state index in [9.17, 15) is 4.79 Å². The van der Waals surface area contributed by atoms with Crippen molar-refractivity contribution >= 4 is 11.5 Å². The van der Waals surface area contributed by atoms with Crippen LogP contribution in [0.25, 0.3) is 5.57 Å². The van der Waals surface area contributed by atoms with Gasteiger partial charge in [0.25, 0.3) is 0 Å². The molecule has 2 aliphatic heterocycles. The molecule has 6 heteroatoms. The molecule has 0 radical (unpaired) electrons. The molecule has 1 amide bonds. The van der Waals surface area contributed by atoms with Gasteiger partial charge in [0.05, 0.1) is 30.3 Å². The SMILES string of the molecule is CC(C)[C@H](N)C(=O)N1CCC(F)(CCC2C3=C(CCC=C3)c3cncn32)CC1. The van der Waals surface area contributed by atoms with Crippen LogP contribution in [0.3, 0.4) is 0 Å². The molecule has 1 unspecified atom stereocenters. The van der Waals surface area contributed by atoms with E-state index in [4.69, 9.17) is 5.73 Å². The van der Waals surface area contributed by atoms with Crippen molar-refractivity contribution in [3.63, 3.8) is 0 Å². The fraction of sp³-hybridized carbons (Fsp3) is 0.636. The quantitative estimate of drug-likeness (QED) is 0.840. The number of rotatable bonds is 5. The first-order valence-corrected chi connectivity index (χ1v) is 10.5. The Morgan fingerprint density at radius 3 is 2.86 bits per heavy atom. The number of nitrogens with zero attached hydrogens (tertiary/aromatic N) is 3. The van der Waals surface area contributed by atoms with Gasteiger partial charge in [-0.1, -0.05) is 26.0 Å². The lowest BCUT2D eigenvalue weighted by atomic mass is 9.85. The second kappa shape index (κ2) is 7.47. The monoisotopic (exact) mass is 386 g/mol. The van der Waals surface area contributed by atoms with E-state index < -0.39 is 11.7 Å². The van der Waals surface area contributed by atoms with Gasteiger partial charge < -0.3 is 15.2 Å². The molecule has 28 heavy (non-hydrogen) atoms. The van der Waals surface area contributed by atoms with Crippen molar-refractivity contribution in [2.24, 2.45) is 11.7 Å². The van der Waals surface area contributed by atoms with Gasteiger partial charge in [-0.25, -0.2) is 9.37 Å². The molecule has 2 N–H and O–H groups in total. The van der Waals surface area contributed by atoms with E-state index in [2.05, 4.69) is 21.7 Å². The van der Waals surface area contributed by atoms with E-state index in [1.165, 1.54) is 16.8 Å². The third-order valence-electron chi connectivity index (χ3n) is 6.72. The van der Waals surface area contributed by atoms with E-state index in [0.29, 0.717) is 32.4 Å². The highest BCUT2D eigenvalue weighted by molar-refractivity contribution is 5.82. The molecule has 152 valence electrons. The standard InChI is InChI=1S/C22H31FN4O/c1-15(2)20(24)21(28)26-11-9-22(23,10-12-26)8-7-18-16-5-3-4-6-17(16)19-13-25-14-27(18)19/h3,5,13-15,18,20H,4,6-12,24H2,1-2H3/t18?,20-/m0/s1. The van der Waals surface area contributed by atoms with Crippen molar-refractivity contribution in [1.29, 1.82) is 0 Å². The summed E-state index contributed by atoms with van der Waals surface area (Å²) in [6, 6.07) is -0.306. The average molecular weight is 387 g/mol. The zero-order valence-corrected chi connectivity index (χ0v) is 16.9. The topological polar surface area (TPSA) is 64.2 Å². The number of likely N-dealkylation sites (tertiary alicyclic amines) is 1. The van der Waals surface area contributed by atoms with Crippen molar-refractivity contribution in [3.8, 4) is 0 Å². The first kappa shape index (κ1) is 19.4. The Balaban J connectivity index is 1.38. The summed E-state index contributed by atoms with van der Waals surface area (Å²) in [5.74, 6) is 0.0559. The number of nitrogens with two attached hydrogens (primary N) is 1. The van der Waals surface area contributed by atoms with Crippen LogP contribution in [0.15, 0.2) is 30.2 Å². The Kier molecular flexibility index (Phi) is 5.17. The summed E-state index contributed by atoms with van der Waals surface area (Å²) in [4.78, 5) is 18.5. The molecule has 1 saturated heterocycles. The Hall–Kier alpha value is -1.95. The van der Waals surface area contributed by atoms with Crippen LogP contribution in [0.2, 0.25) is 0 Å². The molecule has 0 bridgehead atoms. The molecule has 0 aromatic carbocycles. The van der Waals surface area contributed by atoms with Gasteiger partial charge in [-0.05, 0) is 55.6 Å². The first-order valence-electron chi connectivity index (χ1n) is 10.5. The highest BCUT2D eigenvalue weighted by atomic mass is 19.1. The summed E-state index contributed by atoms with van der Waals surface area (Å²) in [5, 5.41) is 0. The van der Waals surface area contributed by atoms with Crippen LogP contribution in [-0.2, 0) is 4.79 Å². The van der Waals surface area contributed by atoms with Gasteiger partial charge in [0.1, 0.15) is 5.67 Å². The van der Waals surface area contributed by atoms with Crippen molar-refractivity contribution < 1.29 is 9.18 Å². The van der Waals surface area contributed by atoms with Gasteiger partial charge in [0.2, 0.25) is 5.91 Å². The van der Waals surface area contributed by atoms with Crippen molar-refractivity contribution in [1.82, 2.24) is 14.5 Å². The van der Waals surface area contributed by atoms with Crippen LogP contribution in [0.1, 0.15) is 64.1 Å². The highest BCUT2D eigenvalue weighted by Crippen LogP contribution is 2.45. The fourth-order valence-corrected chi connectivity index (χ4v) is 4.77. The molecule has 2 atom stereocenters. The predicted molar refractivity (Wildman–Crippen MR) is 108 cm³/mol. The molecule has 4 rings (SSSR count). The van der Waals surface area contributed by atoms with Crippen LogP contribution in [0.4, 0.5) is 4.39 Å². The lowest BCUT2D eigenvalue weighted by molar-refractivity contribution is -0.136. The molecule has 0 saturated carbocycles. The minimum atomic E-state index is -1.21. The Morgan fingerprint density at radius 2 is 2.14 bits per heavy atom. The minimum Gasteiger partial charge on any atom is -0.341 e. The van der Waals surface area contributed by atoms with Crippen LogP contribution in [-0.4, -0.2) is 45.2 Å². The number of amides is 1. The van der Waals surface area contributed by atoms with Gasteiger partial charge in [-0.15, -0.1) is 0 Å². The van der Waals surface area contributed by atoms with Gasteiger partial charge in [0.15, 0.2) is 0 Å². The molecule has 1 aromatic rings. The number of aromatic nitrogens is 2. The van der Waals surface area contributed by atoms with Crippen LogP contribution in [0.5, 0.6) is 0 Å². The summed E-state index contributed by atoms with van der Waals surface area (Å²) in [6.45, 7) is 4.82. The van der Waals surface area contributed by atoms with E-state index in [1.807, 2.05) is 26.4 Å². The lowest BCUT2D eigenvalue weighted by Crippen LogP contribution is -2.51. The number of carbonyl (C=O) groups excluding carboxylic acids is 1. The predicted octanol–water partition coefficient (Wildman–Crippen LogP) is 3.64. The van der Waals surface area contributed by atoms with Gasteiger partial charge in [-0.2, -0.15) is 0 Å². The smallest absolute Gasteiger partial charge is 0.239 e. The maximum Gasteiger partial charge on any atom is 0.239 e. The van der Waals surface area contributed by atoms with Crippen molar-refractivity contribution in [2.75, 3.05) is 13.1 Å². The molecule has 1 aliphatic carbocycles. The molecule has 0 spiro atoms. The minimum absolute atomic E-state index is 0.0435. The van der Waals surface area contributed by atoms with Gasteiger partial charge in [0, 0.05) is 13.1 Å². The maximum atomic E-state index is 15.5. The third kappa shape index (κ3) is 3.43. The summed E-state index contributed by atoms with van der Waals surface area (Å²) in [5.41, 5.74) is 8.69. The number of imidazole rings is 1. The lowest BCUT2D eigenvalue weighted by Gasteiger charge is -2.38. The second-order valence-electron chi connectivity index (χ2n) is 8.86. The second-order valence-corrected chi connectivity index (χ2v) is 8.86. The van der Waals surface area contributed by atoms with Crippen molar-refractivity contribution in [2.45, 2.75) is 70.1 Å². The zero-order chi connectivity index (χ0) is 19.9. The first-order chi connectivity index (χ1) is 13.4. The maximum absolute atomic E-state index is 15.5. The zero-order valence-electron chi connectivity index (χ0n) is 16.9. The molecule has 1 aromatic heterocycles. The van der Waals surface area contributed by atoms with Gasteiger partial charge in [-0.3, -0.25) is 4.79 Å².